The maximum absolute atomic E-state index is 13.2. The maximum Gasteiger partial charge on any atom is 0.242 e. The first-order chi connectivity index (χ1) is 15.9. The molecule has 0 spiro atoms. The summed E-state index contributed by atoms with van der Waals surface area (Å²) in [5.74, 6) is 0.967. The Kier molecular flexibility index (Phi) is 7.92. The number of rotatable bonds is 10. The lowest BCUT2D eigenvalue weighted by Crippen LogP contribution is -2.45. The highest BCUT2D eigenvalue weighted by Crippen LogP contribution is 2.30. The fourth-order valence-corrected chi connectivity index (χ4v) is 4.39. The quantitative estimate of drug-likeness (QED) is 0.472. The summed E-state index contributed by atoms with van der Waals surface area (Å²) in [4.78, 5) is 13.2. The molecule has 0 aliphatic heterocycles. The van der Waals surface area contributed by atoms with E-state index in [1.165, 1.54) is 33.5 Å². The highest BCUT2D eigenvalue weighted by atomic mass is 32.2. The lowest BCUT2D eigenvalue weighted by Gasteiger charge is -2.19. The zero-order valence-electron chi connectivity index (χ0n) is 18.6. The van der Waals surface area contributed by atoms with Gasteiger partial charge in [0.05, 0.1) is 26.2 Å². The van der Waals surface area contributed by atoms with Crippen molar-refractivity contribution in [1.82, 2.24) is 4.72 Å². The van der Waals surface area contributed by atoms with Crippen LogP contribution in [-0.4, -0.2) is 41.7 Å². The second-order valence-corrected chi connectivity index (χ2v) is 8.81. The zero-order valence-corrected chi connectivity index (χ0v) is 19.4. The van der Waals surface area contributed by atoms with E-state index >= 15 is 0 Å². The van der Waals surface area contributed by atoms with E-state index in [1.807, 2.05) is 30.3 Å². The molecule has 0 heterocycles. The van der Waals surface area contributed by atoms with Gasteiger partial charge in [-0.1, -0.05) is 30.3 Å². The number of carbonyl (C=O) groups is 1. The second kappa shape index (κ2) is 10.8. The molecule has 8 nitrogen and oxygen atoms in total. The first-order valence-electron chi connectivity index (χ1n) is 10.1. The minimum atomic E-state index is -3.98. The molecular formula is C24H26N2O6S. The monoisotopic (exact) mass is 470 g/mol. The highest BCUT2D eigenvalue weighted by Gasteiger charge is 2.26. The van der Waals surface area contributed by atoms with Crippen molar-refractivity contribution in [1.29, 1.82) is 0 Å². The Morgan fingerprint density at radius 1 is 0.848 bits per heavy atom. The number of hydrogen-bond donors (Lipinski definition) is 2. The molecule has 0 radical (unpaired) electrons. The summed E-state index contributed by atoms with van der Waals surface area (Å²) in [6.45, 7) is 0. The van der Waals surface area contributed by atoms with E-state index in [1.54, 1.807) is 30.3 Å². The van der Waals surface area contributed by atoms with Gasteiger partial charge in [0, 0.05) is 11.8 Å². The first-order valence-corrected chi connectivity index (χ1v) is 11.6. The molecule has 174 valence electrons. The number of nitrogens with one attached hydrogen (secondary N) is 2. The Bertz CT molecular complexity index is 1180. The summed E-state index contributed by atoms with van der Waals surface area (Å²) in [6.07, 6.45) is 0.162. The van der Waals surface area contributed by atoms with Gasteiger partial charge in [0.2, 0.25) is 15.9 Å². The van der Waals surface area contributed by atoms with Crippen LogP contribution in [0.3, 0.4) is 0 Å². The van der Waals surface area contributed by atoms with Crippen molar-refractivity contribution in [3.8, 4) is 17.2 Å². The number of carbonyl (C=O) groups excluding carboxylic acids is 1. The smallest absolute Gasteiger partial charge is 0.242 e. The van der Waals surface area contributed by atoms with Crippen LogP contribution in [0, 0.1) is 0 Å². The molecule has 1 amide bonds. The predicted molar refractivity (Wildman–Crippen MR) is 125 cm³/mol. The second-order valence-electron chi connectivity index (χ2n) is 7.10. The largest absolute Gasteiger partial charge is 0.497 e. The van der Waals surface area contributed by atoms with Gasteiger partial charge in [0.1, 0.15) is 11.8 Å². The van der Waals surface area contributed by atoms with Crippen molar-refractivity contribution in [2.75, 3.05) is 26.6 Å². The fourth-order valence-electron chi connectivity index (χ4n) is 3.19. The van der Waals surface area contributed by atoms with Gasteiger partial charge in [-0.05, 0) is 48.4 Å². The summed E-state index contributed by atoms with van der Waals surface area (Å²) < 4.78 is 44.1. The Hall–Kier alpha value is -3.56. The van der Waals surface area contributed by atoms with Gasteiger partial charge in [-0.2, -0.15) is 4.72 Å². The zero-order chi connectivity index (χ0) is 23.8. The molecule has 3 aromatic carbocycles. The number of methoxy groups -OCH3 is 3. The molecule has 9 heteroatoms. The van der Waals surface area contributed by atoms with Crippen LogP contribution in [0.5, 0.6) is 17.2 Å². The summed E-state index contributed by atoms with van der Waals surface area (Å²) >= 11 is 0. The Morgan fingerprint density at radius 3 is 2.12 bits per heavy atom. The summed E-state index contributed by atoms with van der Waals surface area (Å²) in [6, 6.07) is 19.0. The molecule has 0 saturated carbocycles. The van der Waals surface area contributed by atoms with Crippen molar-refractivity contribution in [3.05, 3.63) is 78.4 Å². The molecule has 0 bridgehead atoms. The van der Waals surface area contributed by atoms with E-state index in [0.29, 0.717) is 22.9 Å². The van der Waals surface area contributed by atoms with Crippen molar-refractivity contribution >= 4 is 21.6 Å². The molecule has 1 unspecified atom stereocenters. The van der Waals surface area contributed by atoms with Crippen molar-refractivity contribution in [3.63, 3.8) is 0 Å². The van der Waals surface area contributed by atoms with Gasteiger partial charge >= 0.3 is 0 Å². The molecule has 0 fully saturated rings. The molecule has 0 saturated heterocycles. The minimum absolute atomic E-state index is 0.0280. The van der Waals surface area contributed by atoms with Crippen LogP contribution in [0.25, 0.3) is 0 Å². The molecule has 3 rings (SSSR count). The third-order valence-electron chi connectivity index (χ3n) is 4.92. The molecular weight excluding hydrogens is 444 g/mol. The molecule has 2 N–H and O–H groups in total. The van der Waals surface area contributed by atoms with Crippen LogP contribution >= 0.6 is 0 Å². The lowest BCUT2D eigenvalue weighted by atomic mass is 10.1. The van der Waals surface area contributed by atoms with Gasteiger partial charge < -0.3 is 19.5 Å². The Balaban J connectivity index is 1.86. The first kappa shape index (κ1) is 24.1. The maximum atomic E-state index is 13.2. The number of ether oxygens (including phenoxy) is 3. The average molecular weight is 471 g/mol. The number of benzene rings is 3. The third kappa shape index (κ3) is 6.24. The van der Waals surface area contributed by atoms with Gasteiger partial charge in [0.25, 0.3) is 0 Å². The highest BCUT2D eigenvalue weighted by molar-refractivity contribution is 7.89. The summed E-state index contributed by atoms with van der Waals surface area (Å²) in [5.41, 5.74) is 1.25. The van der Waals surface area contributed by atoms with Gasteiger partial charge in [-0.15, -0.1) is 0 Å². The normalized spacial score (nSPS) is 12.0. The third-order valence-corrected chi connectivity index (χ3v) is 6.40. The number of anilines is 1. The SMILES string of the molecule is COc1ccc(S(=O)(=O)NC(Cc2ccccc2)C(=O)Nc2ccc(OC)c(OC)c2)cc1. The molecule has 33 heavy (non-hydrogen) atoms. The fraction of sp³-hybridized carbons (Fsp3) is 0.208. The number of hydrogen-bond acceptors (Lipinski definition) is 6. The van der Waals surface area contributed by atoms with Crippen LogP contribution in [0.1, 0.15) is 5.56 Å². The van der Waals surface area contributed by atoms with Gasteiger partial charge in [0.15, 0.2) is 11.5 Å². The Labute approximate surface area is 193 Å². The number of sulfonamides is 1. The van der Waals surface area contributed by atoms with Gasteiger partial charge in [-0.25, -0.2) is 8.42 Å². The molecule has 0 aliphatic rings. The minimum Gasteiger partial charge on any atom is -0.497 e. The average Bonchev–Trinajstić information content (AvgIpc) is 2.84. The summed E-state index contributed by atoms with van der Waals surface area (Å²) in [7, 11) is 0.524. The van der Waals surface area contributed by atoms with Crippen LogP contribution < -0.4 is 24.2 Å². The molecule has 3 aromatic rings. The predicted octanol–water partition coefficient (Wildman–Crippen LogP) is 3.24. The van der Waals surface area contributed by atoms with Crippen molar-refractivity contribution in [2.45, 2.75) is 17.4 Å². The van der Waals surface area contributed by atoms with E-state index in [-0.39, 0.29) is 11.3 Å². The van der Waals surface area contributed by atoms with Crippen LogP contribution in [-0.2, 0) is 21.2 Å². The molecule has 1 atom stereocenters. The van der Waals surface area contributed by atoms with Crippen LogP contribution in [0.2, 0.25) is 0 Å². The standard InChI is InChI=1S/C24H26N2O6S/c1-30-19-10-12-20(13-11-19)33(28,29)26-21(15-17-7-5-4-6-8-17)24(27)25-18-9-14-22(31-2)23(16-18)32-3/h4-14,16,21,26H,15H2,1-3H3,(H,25,27). The molecule has 0 aromatic heterocycles. The van der Waals surface area contributed by atoms with Gasteiger partial charge in [-0.3, -0.25) is 4.79 Å². The lowest BCUT2D eigenvalue weighted by molar-refractivity contribution is -0.117. The van der Waals surface area contributed by atoms with E-state index < -0.39 is 22.0 Å². The summed E-state index contributed by atoms with van der Waals surface area (Å²) in [5, 5.41) is 2.76. The van der Waals surface area contributed by atoms with Crippen LogP contribution in [0.15, 0.2) is 77.7 Å². The van der Waals surface area contributed by atoms with Crippen molar-refractivity contribution < 1.29 is 27.4 Å². The Morgan fingerprint density at radius 2 is 1.52 bits per heavy atom. The van der Waals surface area contributed by atoms with Crippen molar-refractivity contribution in [2.24, 2.45) is 0 Å². The van der Waals surface area contributed by atoms with E-state index in [4.69, 9.17) is 14.2 Å². The topological polar surface area (TPSA) is 103 Å². The van der Waals surface area contributed by atoms with E-state index in [2.05, 4.69) is 10.0 Å². The van der Waals surface area contributed by atoms with E-state index in [9.17, 15) is 13.2 Å². The molecule has 0 aliphatic carbocycles. The number of amides is 1. The van der Waals surface area contributed by atoms with E-state index in [0.717, 1.165) is 5.56 Å². The van der Waals surface area contributed by atoms with Crippen LogP contribution in [0.4, 0.5) is 5.69 Å².